The van der Waals surface area contributed by atoms with Gasteiger partial charge in [-0.2, -0.15) is 0 Å². The monoisotopic (exact) mass is 374 g/mol. The molecule has 10 nitrogen and oxygen atoms in total. The molecule has 0 saturated heterocycles. The molecule has 0 bridgehead atoms. The Morgan fingerprint density at radius 3 is 2.70 bits per heavy atom. The Morgan fingerprint density at radius 2 is 2.00 bits per heavy atom. The Bertz CT molecular complexity index is 941. The average Bonchev–Trinajstić information content (AvgIpc) is 2.64. The lowest BCUT2D eigenvalue weighted by atomic mass is 10.1. The highest BCUT2D eigenvalue weighted by Gasteiger charge is 2.25. The van der Waals surface area contributed by atoms with Gasteiger partial charge in [-0.25, -0.2) is 4.79 Å². The summed E-state index contributed by atoms with van der Waals surface area (Å²) in [6.07, 6.45) is 0. The number of nitrogens with zero attached hydrogens (tertiary/aromatic N) is 2. The van der Waals surface area contributed by atoms with Gasteiger partial charge in [0.2, 0.25) is 0 Å². The number of nitro benzene ring substituents is 2. The molecule has 0 spiro atoms. The summed E-state index contributed by atoms with van der Waals surface area (Å²) < 4.78 is 15.6. The molecule has 3 rings (SSSR count). The molecule has 1 aliphatic heterocycles. The molecule has 0 fully saturated rings. The van der Waals surface area contributed by atoms with Crippen LogP contribution in [0.3, 0.4) is 0 Å². The van der Waals surface area contributed by atoms with Gasteiger partial charge in [-0.05, 0) is 13.0 Å². The number of carbonyl (C=O) groups excluding carboxylic acids is 1. The Labute approximate surface area is 152 Å². The van der Waals surface area contributed by atoms with Gasteiger partial charge in [0.05, 0.1) is 16.5 Å². The van der Waals surface area contributed by atoms with E-state index in [1.54, 1.807) is 0 Å². The van der Waals surface area contributed by atoms with Gasteiger partial charge in [-0.3, -0.25) is 20.2 Å². The number of benzene rings is 2. The molecule has 0 saturated carbocycles. The molecule has 10 heteroatoms. The average molecular weight is 374 g/mol. The number of hydrogen-bond donors (Lipinski definition) is 0. The van der Waals surface area contributed by atoms with Crippen molar-refractivity contribution in [1.82, 2.24) is 0 Å². The Hall–Kier alpha value is -3.53. The van der Waals surface area contributed by atoms with Crippen molar-refractivity contribution in [3.8, 4) is 5.75 Å². The normalized spacial score (nSPS) is 12.6. The summed E-state index contributed by atoms with van der Waals surface area (Å²) in [7, 11) is 0. The molecule has 0 radical (unpaired) electrons. The maximum absolute atomic E-state index is 12.4. The van der Waals surface area contributed by atoms with Crippen molar-refractivity contribution in [2.45, 2.75) is 20.1 Å². The van der Waals surface area contributed by atoms with E-state index in [1.807, 2.05) is 0 Å². The van der Waals surface area contributed by atoms with E-state index in [0.717, 1.165) is 0 Å². The second-order valence-electron chi connectivity index (χ2n) is 5.77. The summed E-state index contributed by atoms with van der Waals surface area (Å²) >= 11 is 0. The molecule has 0 atom stereocenters. The van der Waals surface area contributed by atoms with Crippen LogP contribution in [0.5, 0.6) is 5.75 Å². The molecule has 140 valence electrons. The van der Waals surface area contributed by atoms with Crippen LogP contribution < -0.4 is 4.74 Å². The van der Waals surface area contributed by atoms with Gasteiger partial charge in [0.15, 0.2) is 6.79 Å². The maximum Gasteiger partial charge on any atom is 0.345 e. The van der Waals surface area contributed by atoms with Crippen LogP contribution in [0.2, 0.25) is 0 Å². The van der Waals surface area contributed by atoms with Gasteiger partial charge < -0.3 is 14.2 Å². The number of nitro groups is 2. The topological polar surface area (TPSA) is 131 Å². The summed E-state index contributed by atoms with van der Waals surface area (Å²) in [6, 6.07) is 6.88. The quantitative estimate of drug-likeness (QED) is 0.443. The molecule has 2 aromatic rings. The molecule has 0 amide bonds. The fraction of sp³-hybridized carbons (Fsp3) is 0.235. The fourth-order valence-corrected chi connectivity index (χ4v) is 2.78. The lowest BCUT2D eigenvalue weighted by molar-refractivity contribution is -0.385. The third-order valence-electron chi connectivity index (χ3n) is 3.98. The lowest BCUT2D eigenvalue weighted by Gasteiger charge is -2.20. The van der Waals surface area contributed by atoms with E-state index < -0.39 is 15.8 Å². The van der Waals surface area contributed by atoms with E-state index in [1.165, 1.54) is 37.3 Å². The molecule has 27 heavy (non-hydrogen) atoms. The Morgan fingerprint density at radius 1 is 1.22 bits per heavy atom. The lowest BCUT2D eigenvalue weighted by Crippen LogP contribution is -2.15. The van der Waals surface area contributed by atoms with E-state index >= 15 is 0 Å². The van der Waals surface area contributed by atoms with Crippen molar-refractivity contribution in [2.75, 3.05) is 6.79 Å². The predicted octanol–water partition coefficient (Wildman–Crippen LogP) is 3.03. The summed E-state index contributed by atoms with van der Waals surface area (Å²) in [5.41, 5.74) is 0.337. The van der Waals surface area contributed by atoms with E-state index in [2.05, 4.69) is 0 Å². The zero-order chi connectivity index (χ0) is 19.6. The van der Waals surface area contributed by atoms with Crippen LogP contribution in [0.15, 0.2) is 30.3 Å². The van der Waals surface area contributed by atoms with Crippen molar-refractivity contribution >= 4 is 17.3 Å². The summed E-state index contributed by atoms with van der Waals surface area (Å²) in [5, 5.41) is 22.3. The van der Waals surface area contributed by atoms with E-state index in [-0.39, 0.29) is 42.5 Å². The third-order valence-corrected chi connectivity index (χ3v) is 3.98. The largest absolute Gasteiger partial charge is 0.467 e. The minimum atomic E-state index is -0.905. The molecule has 0 aliphatic carbocycles. The third kappa shape index (κ3) is 3.70. The van der Waals surface area contributed by atoms with E-state index in [0.29, 0.717) is 16.9 Å². The van der Waals surface area contributed by atoms with Crippen molar-refractivity contribution in [1.29, 1.82) is 0 Å². The first-order valence-corrected chi connectivity index (χ1v) is 7.80. The van der Waals surface area contributed by atoms with Crippen LogP contribution in [0.1, 0.15) is 27.0 Å². The second-order valence-corrected chi connectivity index (χ2v) is 5.77. The zero-order valence-corrected chi connectivity index (χ0v) is 14.2. The number of para-hydroxylation sites is 1. The molecule has 0 unspecified atom stereocenters. The summed E-state index contributed by atoms with van der Waals surface area (Å²) in [5.74, 6) is -0.559. The summed E-state index contributed by atoms with van der Waals surface area (Å²) in [6.45, 7) is 1.27. The number of non-ortho nitro benzene ring substituents is 1. The minimum Gasteiger partial charge on any atom is -0.467 e. The number of carbonyl (C=O) groups is 1. The number of hydrogen-bond acceptors (Lipinski definition) is 8. The van der Waals surface area contributed by atoms with Crippen molar-refractivity contribution in [3.05, 3.63) is 72.8 Å². The van der Waals surface area contributed by atoms with Crippen LogP contribution in [0.4, 0.5) is 11.4 Å². The van der Waals surface area contributed by atoms with Crippen molar-refractivity contribution < 1.29 is 28.9 Å². The molecule has 0 N–H and O–H groups in total. The van der Waals surface area contributed by atoms with Crippen LogP contribution in [-0.2, 0) is 22.7 Å². The van der Waals surface area contributed by atoms with Crippen molar-refractivity contribution in [2.24, 2.45) is 0 Å². The highest BCUT2D eigenvalue weighted by Crippen LogP contribution is 2.33. The van der Waals surface area contributed by atoms with Gasteiger partial charge in [0.25, 0.3) is 11.4 Å². The van der Waals surface area contributed by atoms with Crippen molar-refractivity contribution in [3.63, 3.8) is 0 Å². The molecule has 0 aromatic heterocycles. The number of ether oxygens (including phenoxy) is 3. The Kier molecular flexibility index (Phi) is 4.99. The molecule has 1 aliphatic rings. The highest BCUT2D eigenvalue weighted by molar-refractivity contribution is 5.94. The van der Waals surface area contributed by atoms with Crippen LogP contribution in [-0.4, -0.2) is 22.6 Å². The van der Waals surface area contributed by atoms with Crippen LogP contribution >= 0.6 is 0 Å². The molecular formula is C17H14N2O8. The molecule has 2 aromatic carbocycles. The first-order valence-electron chi connectivity index (χ1n) is 7.80. The van der Waals surface area contributed by atoms with Gasteiger partial charge in [0.1, 0.15) is 17.9 Å². The van der Waals surface area contributed by atoms with Gasteiger partial charge in [-0.1, -0.05) is 12.1 Å². The van der Waals surface area contributed by atoms with Gasteiger partial charge >= 0.3 is 5.97 Å². The predicted molar refractivity (Wildman–Crippen MR) is 90.3 cm³/mol. The number of fused-ring (bicyclic) bond motifs is 1. The highest BCUT2D eigenvalue weighted by atomic mass is 16.7. The van der Waals surface area contributed by atoms with Crippen LogP contribution in [0.25, 0.3) is 0 Å². The number of rotatable bonds is 5. The smallest absolute Gasteiger partial charge is 0.345 e. The van der Waals surface area contributed by atoms with Gasteiger partial charge in [0, 0.05) is 28.8 Å². The van der Waals surface area contributed by atoms with Gasteiger partial charge in [-0.15, -0.1) is 0 Å². The summed E-state index contributed by atoms with van der Waals surface area (Å²) in [4.78, 5) is 33.4. The second kappa shape index (κ2) is 7.38. The van der Waals surface area contributed by atoms with E-state index in [4.69, 9.17) is 14.2 Å². The first-order chi connectivity index (χ1) is 12.9. The van der Waals surface area contributed by atoms with E-state index in [9.17, 15) is 25.0 Å². The SMILES string of the molecule is Cc1cccc(C(=O)OCc2cc([N+](=O)[O-])cc3c2OCOC3)c1[N+](=O)[O-]. The first kappa shape index (κ1) is 18.3. The Balaban J connectivity index is 1.88. The minimum absolute atomic E-state index is 0.0326. The van der Waals surface area contributed by atoms with Crippen LogP contribution in [0, 0.1) is 27.2 Å². The number of esters is 1. The number of aryl methyl sites for hydroxylation is 1. The maximum atomic E-state index is 12.4. The molecular weight excluding hydrogens is 360 g/mol. The standard InChI is InChI=1S/C17H14N2O8/c1-10-3-2-4-14(15(10)19(23)24)17(20)26-8-12-6-13(18(21)22)5-11-7-25-9-27-16(11)12/h2-6H,7-9H2,1H3. The molecule has 1 heterocycles. The zero-order valence-electron chi connectivity index (χ0n) is 14.2. The fourth-order valence-electron chi connectivity index (χ4n) is 2.78.